The van der Waals surface area contributed by atoms with Crippen LogP contribution in [0.5, 0.6) is 11.5 Å². The van der Waals surface area contributed by atoms with E-state index >= 15 is 0 Å². The summed E-state index contributed by atoms with van der Waals surface area (Å²) in [6, 6.07) is 15.2. The van der Waals surface area contributed by atoms with Gasteiger partial charge in [0.25, 0.3) is 0 Å². The van der Waals surface area contributed by atoms with Crippen molar-refractivity contribution < 1.29 is 46.4 Å². The van der Waals surface area contributed by atoms with E-state index in [9.17, 15) is 27.0 Å². The second-order valence-corrected chi connectivity index (χ2v) is 8.69. The summed E-state index contributed by atoms with van der Waals surface area (Å²) in [6.45, 7) is 0.0974. The Morgan fingerprint density at radius 3 is 1.97 bits per heavy atom. The van der Waals surface area contributed by atoms with Crippen LogP contribution in [0.1, 0.15) is 11.1 Å². The molecule has 3 aromatic carbocycles. The average Bonchev–Trinajstić information content (AvgIpc) is 2.77. The third-order valence-electron chi connectivity index (χ3n) is 4.52. The van der Waals surface area contributed by atoms with Crippen molar-refractivity contribution in [1.82, 2.24) is 0 Å². The Balaban J connectivity index is 1.50. The van der Waals surface area contributed by atoms with Crippen molar-refractivity contribution in [3.05, 3.63) is 83.7 Å². The number of benzene rings is 3. The molecule has 0 aromatic heterocycles. The molecule has 0 aliphatic carbocycles. The topological polar surface area (TPSA) is 85.2 Å². The van der Waals surface area contributed by atoms with E-state index in [1.807, 2.05) is 0 Å². The maximum Gasteiger partial charge on any atom is 0.416 e. The quantitative estimate of drug-likeness (QED) is 0.124. The van der Waals surface area contributed by atoms with Gasteiger partial charge in [0, 0.05) is 0 Å². The second kappa shape index (κ2) is 10.4. The summed E-state index contributed by atoms with van der Waals surface area (Å²) in [4.78, 5) is 9.21. The van der Waals surface area contributed by atoms with Crippen molar-refractivity contribution in [2.45, 2.75) is 12.3 Å². The third-order valence-corrected chi connectivity index (χ3v) is 5.54. The molecule has 3 aromatic rings. The molecule has 33 heavy (non-hydrogen) atoms. The largest absolute Gasteiger partial charge is 0.490 e. The van der Waals surface area contributed by atoms with Crippen LogP contribution in [-0.2, 0) is 21.6 Å². The molecule has 1 unspecified atom stereocenters. The van der Waals surface area contributed by atoms with E-state index < -0.39 is 31.3 Å². The lowest BCUT2D eigenvalue weighted by Gasteiger charge is -2.11. The number of ether oxygens (including phenoxy) is 2. The Hall–Kier alpha value is -2.91. The predicted molar refractivity (Wildman–Crippen MR) is 112 cm³/mol. The van der Waals surface area contributed by atoms with Gasteiger partial charge in [-0.1, -0.05) is 30.3 Å². The van der Waals surface area contributed by atoms with Crippen molar-refractivity contribution in [2.75, 3.05) is 13.2 Å². The zero-order chi connectivity index (χ0) is 24.1. The van der Waals surface area contributed by atoms with Crippen LogP contribution in [-0.4, -0.2) is 23.4 Å². The maximum atomic E-state index is 14.1. The van der Waals surface area contributed by atoms with Gasteiger partial charge in [0.15, 0.2) is 11.6 Å². The first-order valence-electron chi connectivity index (χ1n) is 9.54. The molecule has 0 radical (unpaired) electrons. The molecule has 0 amide bonds. The van der Waals surface area contributed by atoms with Crippen LogP contribution in [0.15, 0.2) is 66.7 Å². The Kier molecular flexibility index (Phi) is 7.76. The fraction of sp³-hybridized carbons (Fsp3) is 0.182. The van der Waals surface area contributed by atoms with Gasteiger partial charge in [-0.3, -0.25) is 4.57 Å². The van der Waals surface area contributed by atoms with E-state index in [-0.39, 0.29) is 24.5 Å². The van der Waals surface area contributed by atoms with Gasteiger partial charge in [-0.05, 0) is 53.1 Å². The van der Waals surface area contributed by atoms with Gasteiger partial charge in [-0.15, -0.1) is 0 Å². The van der Waals surface area contributed by atoms with Gasteiger partial charge in [-0.25, -0.2) is 9.65 Å². The Labute approximate surface area is 186 Å². The minimum absolute atomic E-state index is 0.00909. The van der Waals surface area contributed by atoms with Crippen molar-refractivity contribution >= 4 is 7.60 Å². The molecule has 6 nitrogen and oxygen atoms in total. The predicted octanol–water partition coefficient (Wildman–Crippen LogP) is 6.14. The zero-order valence-corrected chi connectivity index (χ0v) is 17.9. The Morgan fingerprint density at radius 1 is 0.848 bits per heavy atom. The first kappa shape index (κ1) is 24.7. The Morgan fingerprint density at radius 2 is 1.42 bits per heavy atom. The smallest absolute Gasteiger partial charge is 0.416 e. The maximum absolute atomic E-state index is 14.1. The van der Waals surface area contributed by atoms with Crippen LogP contribution in [0.4, 0.5) is 17.6 Å². The first-order valence-corrected chi connectivity index (χ1v) is 11.3. The molecule has 176 valence electrons. The summed E-state index contributed by atoms with van der Waals surface area (Å²) >= 11 is 0. The van der Waals surface area contributed by atoms with E-state index in [2.05, 4.69) is 4.67 Å². The molecule has 0 aliphatic rings. The van der Waals surface area contributed by atoms with Gasteiger partial charge in [-0.2, -0.15) is 17.8 Å². The summed E-state index contributed by atoms with van der Waals surface area (Å²) < 4.78 is 77.7. The minimum atomic E-state index is -4.39. The molecule has 0 aliphatic heterocycles. The van der Waals surface area contributed by atoms with E-state index in [0.717, 1.165) is 18.2 Å². The van der Waals surface area contributed by atoms with Gasteiger partial charge in [0.05, 0.1) is 11.7 Å². The number of hydrogen-bond donors (Lipinski definition) is 2. The number of hydrogen-bond acceptors (Lipinski definition) is 5. The molecule has 1 atom stereocenters. The standard InChI is InChI=1S/C22H19F4O6P/c23-20-13-15(14-33(28,29)32-27)1-10-21(20)31-12-11-30-19-8-4-17(5-9-19)16-2-6-18(7-3-16)22(24,25)26/h1-10,13,27H,11-12,14H2,(H,28,29). The van der Waals surface area contributed by atoms with Crippen LogP contribution in [0.25, 0.3) is 11.1 Å². The number of halogens is 4. The fourth-order valence-electron chi connectivity index (χ4n) is 2.93. The molecule has 0 saturated carbocycles. The highest BCUT2D eigenvalue weighted by molar-refractivity contribution is 7.51. The summed E-state index contributed by atoms with van der Waals surface area (Å²) in [5.74, 6) is -0.350. The highest BCUT2D eigenvalue weighted by Gasteiger charge is 2.30. The van der Waals surface area contributed by atoms with Crippen molar-refractivity contribution in [2.24, 2.45) is 0 Å². The van der Waals surface area contributed by atoms with Gasteiger partial charge < -0.3 is 14.4 Å². The number of alkyl halides is 3. The summed E-state index contributed by atoms with van der Waals surface area (Å²) in [6.07, 6.45) is -4.95. The fourth-order valence-corrected chi connectivity index (χ4v) is 3.64. The second-order valence-electron chi connectivity index (χ2n) is 6.94. The van der Waals surface area contributed by atoms with Crippen molar-refractivity contribution in [3.63, 3.8) is 0 Å². The van der Waals surface area contributed by atoms with E-state index in [4.69, 9.17) is 14.7 Å². The molecule has 0 heterocycles. The molecule has 0 fully saturated rings. The third kappa shape index (κ3) is 7.03. The van der Waals surface area contributed by atoms with Gasteiger partial charge in [0.2, 0.25) is 0 Å². The van der Waals surface area contributed by atoms with E-state index in [1.165, 1.54) is 24.3 Å². The highest BCUT2D eigenvalue weighted by atomic mass is 31.2. The summed E-state index contributed by atoms with van der Waals surface area (Å²) in [5, 5.41) is 8.34. The molecule has 0 saturated heterocycles. The van der Waals surface area contributed by atoms with Crippen LogP contribution in [0.3, 0.4) is 0 Å². The average molecular weight is 486 g/mol. The van der Waals surface area contributed by atoms with Crippen LogP contribution in [0, 0.1) is 5.82 Å². The van der Waals surface area contributed by atoms with Gasteiger partial charge >= 0.3 is 13.8 Å². The molecule has 11 heteroatoms. The van der Waals surface area contributed by atoms with E-state index in [1.54, 1.807) is 24.3 Å². The minimum Gasteiger partial charge on any atom is -0.490 e. The molecule has 2 N–H and O–H groups in total. The first-order chi connectivity index (χ1) is 15.6. The lowest BCUT2D eigenvalue weighted by atomic mass is 10.0. The lowest BCUT2D eigenvalue weighted by Crippen LogP contribution is -2.09. The SMILES string of the molecule is O=P(O)(Cc1ccc(OCCOc2ccc(-c3ccc(C(F)(F)F)cc3)cc2)c(F)c1)OO. The van der Waals surface area contributed by atoms with Crippen LogP contribution in [0.2, 0.25) is 0 Å². The molecule has 3 rings (SSSR count). The summed E-state index contributed by atoms with van der Waals surface area (Å²) in [7, 11) is -4.24. The van der Waals surface area contributed by atoms with Crippen LogP contribution >= 0.6 is 7.60 Å². The number of rotatable bonds is 9. The van der Waals surface area contributed by atoms with E-state index in [0.29, 0.717) is 16.9 Å². The lowest BCUT2D eigenvalue weighted by molar-refractivity contribution is -0.146. The molecular formula is C22H19F4O6P. The summed E-state index contributed by atoms with van der Waals surface area (Å²) in [5.41, 5.74) is 0.766. The zero-order valence-electron chi connectivity index (χ0n) is 17.0. The molecule has 0 bridgehead atoms. The van der Waals surface area contributed by atoms with Gasteiger partial charge in [0.1, 0.15) is 19.0 Å². The highest BCUT2D eigenvalue weighted by Crippen LogP contribution is 2.44. The molecular weight excluding hydrogens is 467 g/mol. The molecule has 0 spiro atoms. The monoisotopic (exact) mass is 486 g/mol. The van der Waals surface area contributed by atoms with Crippen LogP contribution < -0.4 is 9.47 Å². The normalized spacial score (nSPS) is 13.4. The Bertz CT molecular complexity index is 1120. The van der Waals surface area contributed by atoms with Crippen molar-refractivity contribution in [3.8, 4) is 22.6 Å². The van der Waals surface area contributed by atoms with Crippen molar-refractivity contribution in [1.29, 1.82) is 0 Å².